The second-order valence-electron chi connectivity index (χ2n) is 3.06. The van der Waals surface area contributed by atoms with Gasteiger partial charge >= 0.3 is 0 Å². The summed E-state index contributed by atoms with van der Waals surface area (Å²) >= 11 is 0. The van der Waals surface area contributed by atoms with E-state index in [9.17, 15) is 0 Å². The fraction of sp³-hybridized carbons (Fsp3) is 0.182. The summed E-state index contributed by atoms with van der Waals surface area (Å²) in [5.41, 5.74) is 0.928. The smallest absolute Gasteiger partial charge is 0.205 e. The fourth-order valence-electron chi connectivity index (χ4n) is 1.10. The highest BCUT2D eigenvalue weighted by Gasteiger charge is 1.89. The molecule has 0 amide bonds. The number of nitrogens with zero attached hydrogens (tertiary/aromatic N) is 4. The lowest BCUT2D eigenvalue weighted by atomic mass is 10.4. The van der Waals surface area contributed by atoms with Crippen molar-refractivity contribution in [3.8, 4) is 11.8 Å². The molecule has 0 atom stereocenters. The third-order valence-corrected chi connectivity index (χ3v) is 1.82. The number of hydrogen-bond acceptors (Lipinski definition) is 3. The zero-order chi connectivity index (χ0) is 10.5. The first kappa shape index (κ1) is 9.41. The molecule has 0 saturated carbocycles. The molecule has 4 heteroatoms. The van der Waals surface area contributed by atoms with Crippen molar-refractivity contribution >= 4 is 0 Å². The van der Waals surface area contributed by atoms with Gasteiger partial charge in [0.25, 0.3) is 0 Å². The number of hydrogen-bond donors (Lipinski definition) is 0. The molecule has 2 rings (SSSR count). The average Bonchev–Trinajstić information content (AvgIpc) is 2.71. The van der Waals surface area contributed by atoms with Crippen molar-refractivity contribution in [3.63, 3.8) is 0 Å². The Morgan fingerprint density at radius 1 is 1.40 bits per heavy atom. The van der Waals surface area contributed by atoms with Gasteiger partial charge in [0.15, 0.2) is 0 Å². The van der Waals surface area contributed by atoms with E-state index in [-0.39, 0.29) is 0 Å². The number of imidazole rings is 1. The van der Waals surface area contributed by atoms with E-state index >= 15 is 0 Å². The third-order valence-electron chi connectivity index (χ3n) is 1.82. The second-order valence-corrected chi connectivity index (χ2v) is 3.06. The summed E-state index contributed by atoms with van der Waals surface area (Å²) in [6.07, 6.45) is 7.03. The molecular weight excluding hydrogens is 188 g/mol. The molecule has 0 aliphatic carbocycles. The summed E-state index contributed by atoms with van der Waals surface area (Å²) in [5.74, 6) is 6.45. The molecule has 0 N–H and O–H groups in total. The van der Waals surface area contributed by atoms with E-state index in [0.29, 0.717) is 12.4 Å². The van der Waals surface area contributed by atoms with Crippen molar-refractivity contribution in [2.45, 2.75) is 13.5 Å². The van der Waals surface area contributed by atoms with Crippen LogP contribution in [-0.2, 0) is 6.54 Å². The number of aromatic nitrogens is 4. The molecule has 0 spiro atoms. The predicted molar refractivity (Wildman–Crippen MR) is 55.9 cm³/mol. The normalized spacial score (nSPS) is 9.40. The minimum absolute atomic E-state index is 0.565. The first-order valence-electron chi connectivity index (χ1n) is 4.59. The van der Waals surface area contributed by atoms with Gasteiger partial charge in [0.2, 0.25) is 5.82 Å². The summed E-state index contributed by atoms with van der Waals surface area (Å²) < 4.78 is 1.89. The van der Waals surface area contributed by atoms with Crippen LogP contribution in [0.15, 0.2) is 31.0 Å². The molecule has 15 heavy (non-hydrogen) atoms. The van der Waals surface area contributed by atoms with Crippen molar-refractivity contribution in [1.29, 1.82) is 0 Å². The molecule has 0 bridgehead atoms. The van der Waals surface area contributed by atoms with Gasteiger partial charge in [0, 0.05) is 24.3 Å². The molecule has 2 aromatic rings. The summed E-state index contributed by atoms with van der Waals surface area (Å²) in [6, 6.07) is 1.85. The highest BCUT2D eigenvalue weighted by molar-refractivity contribution is 5.21. The van der Waals surface area contributed by atoms with Gasteiger partial charge in [-0.25, -0.2) is 15.0 Å². The van der Waals surface area contributed by atoms with E-state index in [4.69, 9.17) is 0 Å². The Bertz CT molecular complexity index is 491. The van der Waals surface area contributed by atoms with Gasteiger partial charge in [-0.3, -0.25) is 0 Å². The summed E-state index contributed by atoms with van der Waals surface area (Å²) in [4.78, 5) is 12.2. The molecule has 0 radical (unpaired) electrons. The maximum atomic E-state index is 4.18. The standard InChI is InChI=1S/C11H10N4/c1-10-4-5-13-11(14-10)3-2-7-15-8-6-12-9-15/h4-6,8-9H,7H2,1H3. The second kappa shape index (κ2) is 4.38. The molecular formula is C11H10N4. The lowest BCUT2D eigenvalue weighted by molar-refractivity contribution is 0.839. The van der Waals surface area contributed by atoms with Crippen LogP contribution >= 0.6 is 0 Å². The van der Waals surface area contributed by atoms with E-state index in [1.807, 2.05) is 23.8 Å². The minimum atomic E-state index is 0.565. The van der Waals surface area contributed by atoms with Crippen molar-refractivity contribution in [2.24, 2.45) is 0 Å². The fourth-order valence-corrected chi connectivity index (χ4v) is 1.10. The van der Waals surface area contributed by atoms with E-state index < -0.39 is 0 Å². The maximum Gasteiger partial charge on any atom is 0.205 e. The van der Waals surface area contributed by atoms with E-state index in [1.165, 1.54) is 0 Å². The lowest BCUT2D eigenvalue weighted by Gasteiger charge is -1.92. The quantitative estimate of drug-likeness (QED) is 0.643. The molecule has 2 aromatic heterocycles. The van der Waals surface area contributed by atoms with Crippen LogP contribution in [0.2, 0.25) is 0 Å². The van der Waals surface area contributed by atoms with Gasteiger partial charge in [-0.2, -0.15) is 0 Å². The van der Waals surface area contributed by atoms with Crippen LogP contribution < -0.4 is 0 Å². The van der Waals surface area contributed by atoms with E-state index in [2.05, 4.69) is 26.8 Å². The molecule has 2 heterocycles. The molecule has 0 saturated heterocycles. The lowest BCUT2D eigenvalue weighted by Crippen LogP contribution is -1.93. The molecule has 0 aliphatic heterocycles. The minimum Gasteiger partial charge on any atom is -0.326 e. The molecule has 74 valence electrons. The molecule has 0 aromatic carbocycles. The summed E-state index contributed by atoms with van der Waals surface area (Å²) in [5, 5.41) is 0. The van der Waals surface area contributed by atoms with Crippen LogP contribution in [0.1, 0.15) is 11.5 Å². The Labute approximate surface area is 88.0 Å². The van der Waals surface area contributed by atoms with Gasteiger partial charge in [-0.15, -0.1) is 0 Å². The van der Waals surface area contributed by atoms with Crippen molar-refractivity contribution in [3.05, 3.63) is 42.5 Å². The Kier molecular flexibility index (Phi) is 2.75. The predicted octanol–water partition coefficient (Wildman–Crippen LogP) is 1.03. The van der Waals surface area contributed by atoms with Gasteiger partial charge in [0.1, 0.15) is 0 Å². The summed E-state index contributed by atoms with van der Waals surface area (Å²) in [6.45, 7) is 2.53. The van der Waals surface area contributed by atoms with Crippen molar-refractivity contribution in [1.82, 2.24) is 19.5 Å². The highest BCUT2D eigenvalue weighted by Crippen LogP contribution is 1.91. The van der Waals surface area contributed by atoms with Crippen molar-refractivity contribution in [2.75, 3.05) is 0 Å². The topological polar surface area (TPSA) is 43.6 Å². The first-order valence-corrected chi connectivity index (χ1v) is 4.59. The van der Waals surface area contributed by atoms with Gasteiger partial charge in [0.05, 0.1) is 12.9 Å². The zero-order valence-corrected chi connectivity index (χ0v) is 8.38. The Morgan fingerprint density at radius 3 is 3.07 bits per heavy atom. The van der Waals surface area contributed by atoms with Gasteiger partial charge < -0.3 is 4.57 Å². The molecule has 4 nitrogen and oxygen atoms in total. The largest absolute Gasteiger partial charge is 0.326 e. The maximum absolute atomic E-state index is 4.18. The van der Waals surface area contributed by atoms with Crippen molar-refractivity contribution < 1.29 is 0 Å². The molecule has 0 aliphatic rings. The third kappa shape index (κ3) is 2.64. The first-order chi connectivity index (χ1) is 7.34. The Balaban J connectivity index is 2.06. The monoisotopic (exact) mass is 198 g/mol. The van der Waals surface area contributed by atoms with Gasteiger partial charge in [-0.05, 0) is 18.9 Å². The van der Waals surface area contributed by atoms with Crippen LogP contribution in [0.3, 0.4) is 0 Å². The van der Waals surface area contributed by atoms with E-state index in [1.54, 1.807) is 18.7 Å². The molecule has 0 unspecified atom stereocenters. The number of rotatable bonds is 1. The van der Waals surface area contributed by atoms with Crippen LogP contribution in [0, 0.1) is 18.8 Å². The number of aryl methyl sites for hydroxylation is 1. The van der Waals surface area contributed by atoms with Crippen LogP contribution in [0.4, 0.5) is 0 Å². The zero-order valence-electron chi connectivity index (χ0n) is 8.38. The summed E-state index contributed by atoms with van der Waals surface area (Å²) in [7, 11) is 0. The van der Waals surface area contributed by atoms with Crippen LogP contribution in [-0.4, -0.2) is 19.5 Å². The average molecular weight is 198 g/mol. The Morgan fingerprint density at radius 2 is 2.33 bits per heavy atom. The van der Waals surface area contributed by atoms with Crippen LogP contribution in [0.5, 0.6) is 0 Å². The van der Waals surface area contributed by atoms with E-state index in [0.717, 1.165) is 5.69 Å². The van der Waals surface area contributed by atoms with Crippen LogP contribution in [0.25, 0.3) is 0 Å². The molecule has 0 fully saturated rings. The highest BCUT2D eigenvalue weighted by atomic mass is 15.0. The van der Waals surface area contributed by atoms with Gasteiger partial charge in [-0.1, -0.05) is 5.92 Å². The Hall–Kier alpha value is -2.15. The SMILES string of the molecule is Cc1ccnc(C#CCn2ccnc2)n1.